The molecule has 4 rings (SSSR count). The summed E-state index contributed by atoms with van der Waals surface area (Å²) in [5, 5.41) is 0.532. The van der Waals surface area contributed by atoms with Crippen molar-refractivity contribution in [3.05, 3.63) is 59.1 Å². The smallest absolute Gasteiger partial charge is 0.243 e. The Labute approximate surface area is 206 Å². The topological polar surface area (TPSA) is 76.1 Å². The second-order valence-electron chi connectivity index (χ2n) is 9.00. The Hall–Kier alpha value is -2.13. The Bertz CT molecular complexity index is 1120. The fraction of sp³-hybridized carbons (Fsp3) is 0.480. The number of amides is 1. The molecule has 0 radical (unpaired) electrons. The van der Waals surface area contributed by atoms with Gasteiger partial charge in [-0.05, 0) is 56.0 Å². The van der Waals surface area contributed by atoms with E-state index in [0.29, 0.717) is 16.3 Å². The molecule has 184 valence electrons. The van der Waals surface area contributed by atoms with Crippen LogP contribution < -0.4 is 4.74 Å². The maximum Gasteiger partial charge on any atom is 0.243 e. The number of rotatable bonds is 7. The summed E-state index contributed by atoms with van der Waals surface area (Å²) >= 11 is 6.09. The molecule has 1 amide bonds. The molecular formula is C25H31ClN2O5S. The van der Waals surface area contributed by atoms with Crippen molar-refractivity contribution in [3.63, 3.8) is 0 Å². The van der Waals surface area contributed by atoms with Gasteiger partial charge in [-0.1, -0.05) is 35.9 Å². The number of carbonyl (C=O) groups is 1. The van der Waals surface area contributed by atoms with Gasteiger partial charge in [0.1, 0.15) is 18.0 Å². The van der Waals surface area contributed by atoms with E-state index in [0.717, 1.165) is 32.4 Å². The first kappa shape index (κ1) is 25.0. The van der Waals surface area contributed by atoms with Gasteiger partial charge < -0.3 is 14.4 Å². The highest BCUT2D eigenvalue weighted by Gasteiger charge is 2.44. The number of likely N-dealkylation sites (tertiary alicyclic amines) is 1. The van der Waals surface area contributed by atoms with Crippen molar-refractivity contribution in [2.24, 2.45) is 0 Å². The van der Waals surface area contributed by atoms with Crippen LogP contribution >= 0.6 is 11.6 Å². The highest BCUT2D eigenvalue weighted by atomic mass is 35.5. The quantitative estimate of drug-likeness (QED) is 0.569. The Morgan fingerprint density at radius 2 is 1.85 bits per heavy atom. The van der Waals surface area contributed by atoms with Gasteiger partial charge in [-0.3, -0.25) is 4.79 Å². The van der Waals surface area contributed by atoms with Crippen LogP contribution in [0.5, 0.6) is 5.75 Å². The van der Waals surface area contributed by atoms with E-state index < -0.39 is 15.6 Å². The average Bonchev–Trinajstić information content (AvgIpc) is 2.84. The van der Waals surface area contributed by atoms with Crippen LogP contribution in [0, 0.1) is 6.92 Å². The van der Waals surface area contributed by atoms with Crippen molar-refractivity contribution in [2.45, 2.75) is 43.1 Å². The van der Waals surface area contributed by atoms with Crippen LogP contribution in [0.1, 0.15) is 31.2 Å². The largest absolute Gasteiger partial charge is 0.490 e. The molecule has 0 bridgehead atoms. The number of piperidine rings is 1. The molecule has 0 aliphatic carbocycles. The van der Waals surface area contributed by atoms with Gasteiger partial charge in [0.15, 0.2) is 0 Å². The van der Waals surface area contributed by atoms with Crippen molar-refractivity contribution in [3.8, 4) is 5.75 Å². The fourth-order valence-corrected chi connectivity index (χ4v) is 6.45. The Morgan fingerprint density at radius 1 is 1.09 bits per heavy atom. The lowest BCUT2D eigenvalue weighted by Crippen LogP contribution is -2.58. The van der Waals surface area contributed by atoms with E-state index in [4.69, 9.17) is 21.1 Å². The van der Waals surface area contributed by atoms with Crippen LogP contribution in [0.2, 0.25) is 5.02 Å². The maximum absolute atomic E-state index is 13.5. The molecule has 0 spiro atoms. The van der Waals surface area contributed by atoms with Crippen LogP contribution in [-0.2, 0) is 19.6 Å². The number of aryl methyl sites for hydroxylation is 1. The van der Waals surface area contributed by atoms with Crippen molar-refractivity contribution >= 4 is 27.5 Å². The third-order valence-corrected chi connectivity index (χ3v) is 8.65. The van der Waals surface area contributed by atoms with Crippen LogP contribution in [0.4, 0.5) is 0 Å². The molecular weight excluding hydrogens is 476 g/mol. The maximum atomic E-state index is 13.5. The lowest BCUT2D eigenvalue weighted by Gasteiger charge is -2.42. The molecule has 2 saturated heterocycles. The Kier molecular flexibility index (Phi) is 7.82. The zero-order valence-electron chi connectivity index (χ0n) is 19.4. The summed E-state index contributed by atoms with van der Waals surface area (Å²) in [6.07, 6.45) is 3.12. The molecule has 2 aromatic carbocycles. The normalized spacial score (nSPS) is 21.9. The van der Waals surface area contributed by atoms with E-state index >= 15 is 0 Å². The van der Waals surface area contributed by atoms with E-state index in [1.165, 1.54) is 4.31 Å². The first-order valence-electron chi connectivity index (χ1n) is 11.7. The Balaban J connectivity index is 1.59. The fourth-order valence-electron chi connectivity index (χ4n) is 4.55. The van der Waals surface area contributed by atoms with Crippen LogP contribution in [0.25, 0.3) is 0 Å². The number of hydrogen-bond acceptors (Lipinski definition) is 5. The van der Waals surface area contributed by atoms with Gasteiger partial charge in [0.05, 0.1) is 17.9 Å². The average molecular weight is 507 g/mol. The molecule has 2 fully saturated rings. The first-order chi connectivity index (χ1) is 16.3. The molecule has 1 atom stereocenters. The van der Waals surface area contributed by atoms with Gasteiger partial charge >= 0.3 is 0 Å². The minimum absolute atomic E-state index is 0.0316. The van der Waals surface area contributed by atoms with Crippen molar-refractivity contribution in [1.82, 2.24) is 9.21 Å². The third-order valence-electron chi connectivity index (χ3n) is 6.40. The minimum Gasteiger partial charge on any atom is -0.490 e. The molecule has 2 aliphatic heterocycles. The summed E-state index contributed by atoms with van der Waals surface area (Å²) in [7, 11) is -3.76. The molecule has 0 N–H and O–H groups in total. The number of benzene rings is 2. The molecule has 0 aromatic heterocycles. The second-order valence-corrected chi connectivity index (χ2v) is 11.3. The predicted octanol–water partition coefficient (Wildman–Crippen LogP) is 3.89. The van der Waals surface area contributed by atoms with Gasteiger partial charge in [-0.15, -0.1) is 0 Å². The minimum atomic E-state index is -3.76. The molecule has 7 nitrogen and oxygen atoms in total. The highest BCUT2D eigenvalue weighted by molar-refractivity contribution is 7.89. The van der Waals surface area contributed by atoms with E-state index in [2.05, 4.69) is 0 Å². The van der Waals surface area contributed by atoms with Gasteiger partial charge in [0, 0.05) is 31.2 Å². The lowest BCUT2D eigenvalue weighted by atomic mass is 9.97. The van der Waals surface area contributed by atoms with Crippen LogP contribution in [0.15, 0.2) is 53.4 Å². The standard InChI is InChI=1S/C25H31ClN2O5S/c1-20-8-3-4-11-23(20)34(30,31)28-14-15-33-25(18-28,17-24(29)27-12-5-2-6-13-27)19-32-22-10-7-9-21(26)16-22/h3-4,7-11,16H,2,5-6,12-15,17-19H2,1H3/t25-/m1/s1. The van der Waals surface area contributed by atoms with E-state index in [-0.39, 0.29) is 43.5 Å². The monoisotopic (exact) mass is 506 g/mol. The number of ether oxygens (including phenoxy) is 2. The molecule has 2 heterocycles. The number of halogens is 1. The van der Waals surface area contributed by atoms with Gasteiger partial charge in [0.2, 0.25) is 15.9 Å². The zero-order valence-corrected chi connectivity index (χ0v) is 21.0. The summed E-state index contributed by atoms with van der Waals surface area (Å²) in [5.41, 5.74) is -0.427. The lowest BCUT2D eigenvalue weighted by molar-refractivity contribution is -0.151. The second kappa shape index (κ2) is 10.6. The highest BCUT2D eigenvalue weighted by Crippen LogP contribution is 2.30. The summed E-state index contributed by atoms with van der Waals surface area (Å²) in [5.74, 6) is 0.504. The van der Waals surface area contributed by atoms with Crippen molar-refractivity contribution in [1.29, 1.82) is 0 Å². The third kappa shape index (κ3) is 5.74. The van der Waals surface area contributed by atoms with E-state index in [1.54, 1.807) is 49.4 Å². The number of nitrogens with zero attached hydrogens (tertiary/aromatic N) is 2. The van der Waals surface area contributed by atoms with Crippen molar-refractivity contribution in [2.75, 3.05) is 39.4 Å². The predicted molar refractivity (Wildman–Crippen MR) is 131 cm³/mol. The van der Waals surface area contributed by atoms with Crippen molar-refractivity contribution < 1.29 is 22.7 Å². The van der Waals surface area contributed by atoms with Gasteiger partial charge in [-0.25, -0.2) is 8.42 Å². The zero-order chi connectivity index (χ0) is 24.2. The molecule has 34 heavy (non-hydrogen) atoms. The Morgan fingerprint density at radius 3 is 2.59 bits per heavy atom. The van der Waals surface area contributed by atoms with E-state index in [1.807, 2.05) is 11.0 Å². The molecule has 9 heteroatoms. The molecule has 0 unspecified atom stereocenters. The van der Waals surface area contributed by atoms with Gasteiger partial charge in [0.25, 0.3) is 0 Å². The summed E-state index contributed by atoms with van der Waals surface area (Å²) in [4.78, 5) is 15.3. The molecule has 2 aliphatic rings. The first-order valence-corrected chi connectivity index (χ1v) is 13.5. The summed E-state index contributed by atoms with van der Waals surface area (Å²) in [6.45, 7) is 3.68. The number of hydrogen-bond donors (Lipinski definition) is 0. The molecule has 0 saturated carbocycles. The van der Waals surface area contributed by atoms with E-state index in [9.17, 15) is 13.2 Å². The number of carbonyl (C=O) groups excluding carboxylic acids is 1. The molecule has 2 aromatic rings. The van der Waals surface area contributed by atoms with Crippen LogP contribution in [-0.4, -0.2) is 68.5 Å². The van der Waals surface area contributed by atoms with Crippen LogP contribution in [0.3, 0.4) is 0 Å². The SMILES string of the molecule is Cc1ccccc1S(=O)(=O)N1CCO[C@](COc2cccc(Cl)c2)(CC(=O)N2CCCCC2)C1. The number of sulfonamides is 1. The summed E-state index contributed by atoms with van der Waals surface area (Å²) in [6, 6.07) is 13.9. The number of morpholine rings is 1. The van der Waals surface area contributed by atoms with Gasteiger partial charge in [-0.2, -0.15) is 4.31 Å². The summed E-state index contributed by atoms with van der Waals surface area (Å²) < 4.78 is 40.6.